The third kappa shape index (κ3) is 13.1. The van der Waals surface area contributed by atoms with Gasteiger partial charge >= 0.3 is 30.7 Å². The first-order valence-corrected chi connectivity index (χ1v) is 22.0. The van der Waals surface area contributed by atoms with E-state index in [1.165, 1.54) is 54.6 Å². The Morgan fingerprint density at radius 2 is 1.60 bits per heavy atom. The lowest BCUT2D eigenvalue weighted by molar-refractivity contribution is -0.605. The molecule has 3 atom stereocenters. The Balaban J connectivity index is 0.000000925. The maximum Gasteiger partial charge on any atom is 0.490 e. The number of carbonyl (C=O) groups is 3. The number of nitrogens with zero attached hydrogens (tertiary/aromatic N) is 2. The average Bonchev–Trinajstić information content (AvgIpc) is 4.08. The molecule has 2 bridgehead atoms. The minimum Gasteiger partial charge on any atom is -0.619 e. The molecule has 0 spiro atoms. The standard InChI is InChI=1S/C40H38Cl2F3N3O9S.C2HF3O2/c41-30-19-48(51)20-31(42)29(30)18-34(25-10-11-33(57-40(44)45)35(17-25)54-22-23-8-9-23)55-38(49)26-4-3-5-27(16-26)58(52,53)46-37(28-6-1-2-7-32(28)43)39(50)56-36-21-47-14-12-24(36)13-15-47;3-2(4,5)1(6)7/h1-7,10-11,16-17,19-20,23-24,34,36-37,40,46H,8-9,12-15,18,21-22H2;(H,6,7)/t34?,36-,37?;/m0./s1. The molecule has 2 N–H and O–H groups in total. The number of ether oxygens (including phenoxy) is 4. The molecule has 4 heterocycles. The second-order valence-corrected chi connectivity index (χ2v) is 17.8. The maximum absolute atomic E-state index is 15.2. The molecule has 4 aliphatic rings. The molecular formula is C42H39Cl2F6N3O11S. The van der Waals surface area contributed by atoms with Gasteiger partial charge in [0.15, 0.2) is 23.9 Å². The summed E-state index contributed by atoms with van der Waals surface area (Å²) in [6.45, 7) is -0.691. The van der Waals surface area contributed by atoms with Crippen LogP contribution in [0.15, 0.2) is 84.0 Å². The molecule has 0 amide bonds. The van der Waals surface area contributed by atoms with E-state index in [9.17, 15) is 45.2 Å². The number of piperidine rings is 3. The van der Waals surface area contributed by atoms with Crippen LogP contribution in [0.1, 0.15) is 64.9 Å². The van der Waals surface area contributed by atoms with Crippen molar-refractivity contribution in [3.8, 4) is 11.5 Å². The van der Waals surface area contributed by atoms with E-state index in [2.05, 4.69) is 14.4 Å². The number of carboxylic acid groups (broad SMARTS) is 1. The zero-order valence-electron chi connectivity index (χ0n) is 33.7. The summed E-state index contributed by atoms with van der Waals surface area (Å²) in [4.78, 5) is 38.2. The summed E-state index contributed by atoms with van der Waals surface area (Å²) in [5, 5.41) is 19.0. The number of sulfonamides is 1. The van der Waals surface area contributed by atoms with Gasteiger partial charge < -0.3 is 29.3 Å². The molecule has 2 unspecified atom stereocenters. The van der Waals surface area contributed by atoms with Crippen molar-refractivity contribution in [1.82, 2.24) is 9.62 Å². The largest absolute Gasteiger partial charge is 0.619 e. The number of alkyl halides is 5. The Hall–Kier alpha value is -5.35. The number of pyridine rings is 1. The van der Waals surface area contributed by atoms with Crippen molar-refractivity contribution in [2.75, 3.05) is 26.2 Å². The van der Waals surface area contributed by atoms with E-state index in [-0.39, 0.29) is 68.7 Å². The number of hydrogen-bond donors (Lipinski definition) is 2. The normalized spacial score (nSPS) is 19.1. The molecule has 1 saturated carbocycles. The zero-order chi connectivity index (χ0) is 47.2. The molecule has 4 aromatic rings. The fourth-order valence-corrected chi connectivity index (χ4v) is 8.89. The van der Waals surface area contributed by atoms with Gasteiger partial charge in [-0.1, -0.05) is 53.5 Å². The van der Waals surface area contributed by atoms with Gasteiger partial charge in [0, 0.05) is 24.1 Å². The predicted octanol–water partition coefficient (Wildman–Crippen LogP) is 7.59. The molecule has 14 nitrogen and oxygen atoms in total. The van der Waals surface area contributed by atoms with Crippen LogP contribution < -0.4 is 18.9 Å². The lowest BCUT2D eigenvalue weighted by Crippen LogP contribution is -2.52. The van der Waals surface area contributed by atoms with Crippen molar-refractivity contribution in [1.29, 1.82) is 0 Å². The van der Waals surface area contributed by atoms with E-state index in [1.807, 2.05) is 0 Å². The molecule has 3 aromatic carbocycles. The van der Waals surface area contributed by atoms with Gasteiger partial charge in [0.05, 0.1) is 17.1 Å². The van der Waals surface area contributed by atoms with Gasteiger partial charge in [-0.25, -0.2) is 27.2 Å². The lowest BCUT2D eigenvalue weighted by Gasteiger charge is -2.44. The SMILES string of the molecule is O=C(O)C(F)(F)F.O=C(OC(Cc1c(Cl)c[n+]([O-])cc1Cl)c1ccc(OC(F)F)c(OCC2CC2)c1)c1cccc(S(=O)(=O)NC(C(=O)O[C@H]2CN3CCC2CC3)c2ccccc2F)c1. The van der Waals surface area contributed by atoms with E-state index in [1.54, 1.807) is 0 Å². The molecule has 23 heteroatoms. The smallest absolute Gasteiger partial charge is 0.490 e. The van der Waals surface area contributed by atoms with Crippen LogP contribution in [0, 0.1) is 22.9 Å². The number of carbonyl (C=O) groups excluding carboxylic acids is 2. The fourth-order valence-electron chi connectivity index (χ4n) is 7.08. The van der Waals surface area contributed by atoms with Crippen LogP contribution in [-0.2, 0) is 35.5 Å². The van der Waals surface area contributed by atoms with Gasteiger partial charge in [0.25, 0.3) is 0 Å². The Labute approximate surface area is 377 Å². The molecule has 4 fully saturated rings. The molecule has 65 heavy (non-hydrogen) atoms. The summed E-state index contributed by atoms with van der Waals surface area (Å²) in [6.07, 6.45) is -1.49. The van der Waals surface area contributed by atoms with E-state index in [4.69, 9.17) is 47.3 Å². The highest BCUT2D eigenvalue weighted by Gasteiger charge is 2.40. The first kappa shape index (κ1) is 49.1. The minimum absolute atomic E-state index is 0.0380. The summed E-state index contributed by atoms with van der Waals surface area (Å²) in [7, 11) is -4.64. The van der Waals surface area contributed by atoms with Crippen LogP contribution in [0.4, 0.5) is 26.3 Å². The second-order valence-electron chi connectivity index (χ2n) is 15.2. The molecule has 8 rings (SSSR count). The van der Waals surface area contributed by atoms with Crippen LogP contribution in [0.25, 0.3) is 0 Å². The number of nitrogens with one attached hydrogen (secondary N) is 1. The van der Waals surface area contributed by atoms with Crippen LogP contribution in [0.2, 0.25) is 10.0 Å². The summed E-state index contributed by atoms with van der Waals surface area (Å²) < 4.78 is 126. The summed E-state index contributed by atoms with van der Waals surface area (Å²) in [5.41, 5.74) is -0.0320. The van der Waals surface area contributed by atoms with E-state index >= 15 is 4.39 Å². The Bertz CT molecular complexity index is 2470. The quantitative estimate of drug-likeness (QED) is 0.0486. The second kappa shape index (κ2) is 20.9. The van der Waals surface area contributed by atoms with Crippen molar-refractivity contribution >= 4 is 51.1 Å². The Morgan fingerprint density at radius 1 is 0.938 bits per heavy atom. The highest BCUT2D eigenvalue weighted by molar-refractivity contribution is 7.89. The van der Waals surface area contributed by atoms with Crippen molar-refractivity contribution in [3.63, 3.8) is 0 Å². The van der Waals surface area contributed by atoms with Crippen LogP contribution in [0.3, 0.4) is 0 Å². The van der Waals surface area contributed by atoms with Crippen molar-refractivity contribution < 1.29 is 77.9 Å². The molecule has 3 aliphatic heterocycles. The number of fused-ring (bicyclic) bond motifs is 3. The van der Waals surface area contributed by atoms with Gasteiger partial charge in [-0.3, -0.25) is 4.90 Å². The first-order chi connectivity index (χ1) is 30.7. The number of aliphatic carboxylic acids is 1. The van der Waals surface area contributed by atoms with Crippen molar-refractivity contribution in [3.05, 3.63) is 122 Å². The molecule has 1 aromatic heterocycles. The summed E-state index contributed by atoms with van der Waals surface area (Å²) >= 11 is 12.8. The number of esters is 2. The molecule has 3 saturated heterocycles. The van der Waals surface area contributed by atoms with E-state index < -0.39 is 69.7 Å². The number of aromatic nitrogens is 1. The number of hydrogen-bond acceptors (Lipinski definition) is 11. The molecule has 0 radical (unpaired) electrons. The van der Waals surface area contributed by atoms with Gasteiger partial charge in [0.2, 0.25) is 10.0 Å². The van der Waals surface area contributed by atoms with Gasteiger partial charge in [0.1, 0.15) is 34.1 Å². The topological polar surface area (TPSA) is 185 Å². The van der Waals surface area contributed by atoms with Crippen LogP contribution in [-0.4, -0.2) is 81.5 Å². The monoisotopic (exact) mass is 977 g/mol. The highest BCUT2D eigenvalue weighted by atomic mass is 35.5. The summed E-state index contributed by atoms with van der Waals surface area (Å²) in [6, 6.07) is 12.2. The summed E-state index contributed by atoms with van der Waals surface area (Å²) in [5.74, 6) is -5.53. The van der Waals surface area contributed by atoms with Gasteiger partial charge in [-0.2, -0.15) is 31.4 Å². The Morgan fingerprint density at radius 3 is 2.18 bits per heavy atom. The minimum atomic E-state index is -5.08. The van der Waals surface area contributed by atoms with Gasteiger partial charge in [-0.05, 0) is 92.6 Å². The molecule has 1 aliphatic carbocycles. The number of halogens is 8. The molecular weight excluding hydrogens is 939 g/mol. The number of benzene rings is 3. The number of carboxylic acids is 1. The third-order valence-corrected chi connectivity index (χ3v) is 12.7. The van der Waals surface area contributed by atoms with Crippen molar-refractivity contribution in [2.45, 2.75) is 68.0 Å². The first-order valence-electron chi connectivity index (χ1n) is 19.8. The third-order valence-electron chi connectivity index (χ3n) is 10.6. The molecule has 350 valence electrons. The fraction of sp³-hybridized carbons (Fsp3) is 0.381. The highest BCUT2D eigenvalue weighted by Crippen LogP contribution is 2.38. The maximum atomic E-state index is 15.2. The van der Waals surface area contributed by atoms with Crippen LogP contribution >= 0.6 is 23.2 Å². The Kier molecular flexibility index (Phi) is 15.8. The predicted molar refractivity (Wildman–Crippen MR) is 217 cm³/mol. The number of rotatable bonds is 16. The zero-order valence-corrected chi connectivity index (χ0v) is 36.0. The van der Waals surface area contributed by atoms with Crippen LogP contribution in [0.5, 0.6) is 11.5 Å². The lowest BCUT2D eigenvalue weighted by atomic mass is 9.86. The van der Waals surface area contributed by atoms with Crippen molar-refractivity contribution in [2.24, 2.45) is 11.8 Å². The van der Waals surface area contributed by atoms with E-state index in [0.717, 1.165) is 63.3 Å². The average molecular weight is 979 g/mol. The van der Waals surface area contributed by atoms with E-state index in [0.29, 0.717) is 11.3 Å². The van der Waals surface area contributed by atoms with Gasteiger partial charge in [-0.15, -0.1) is 0 Å².